The van der Waals surface area contributed by atoms with Crippen LogP contribution in [0.25, 0.3) is 6.08 Å². The topological polar surface area (TPSA) is 79.1 Å². The Kier molecular flexibility index (Phi) is 8.60. The molecule has 0 radical (unpaired) electrons. The molecule has 4 rings (SSSR count). The monoisotopic (exact) mass is 616 g/mol. The molecule has 1 aliphatic rings. The summed E-state index contributed by atoms with van der Waals surface area (Å²) in [5.74, 6) is 0.502. The number of rotatable bonds is 8. The van der Waals surface area contributed by atoms with Gasteiger partial charge in [-0.05, 0) is 72.1 Å². The summed E-state index contributed by atoms with van der Waals surface area (Å²) >= 11 is 11.3. The summed E-state index contributed by atoms with van der Waals surface area (Å²) in [5.41, 5.74) is 1.78. The van der Waals surface area contributed by atoms with Gasteiger partial charge in [0.05, 0.1) is 33.5 Å². The first-order chi connectivity index (χ1) is 18.2. The fourth-order valence-electron chi connectivity index (χ4n) is 4.11. The second kappa shape index (κ2) is 11.7. The van der Waals surface area contributed by atoms with E-state index in [0.29, 0.717) is 48.2 Å². The SMILES string of the molecule is C=CCOc1c(Br)cc(C=c2sc3n(c2=O)C(c2ccccc2Cl)C(C(=O)OC(C)C)=C(C)N=3)cc1OC. The van der Waals surface area contributed by atoms with Crippen molar-refractivity contribution < 1.29 is 19.0 Å². The molecule has 0 spiro atoms. The van der Waals surface area contributed by atoms with E-state index in [2.05, 4.69) is 27.5 Å². The maximum atomic E-state index is 13.8. The third-order valence-electron chi connectivity index (χ3n) is 5.68. The third-order valence-corrected chi connectivity index (χ3v) is 7.60. The van der Waals surface area contributed by atoms with Gasteiger partial charge in [0.25, 0.3) is 5.56 Å². The van der Waals surface area contributed by atoms with Crippen LogP contribution < -0.4 is 24.4 Å². The Morgan fingerprint density at radius 1 is 1.32 bits per heavy atom. The highest BCUT2D eigenvalue weighted by atomic mass is 79.9. The molecule has 7 nitrogen and oxygen atoms in total. The largest absolute Gasteiger partial charge is 0.493 e. The average Bonchev–Trinajstić information content (AvgIpc) is 3.16. The van der Waals surface area contributed by atoms with Gasteiger partial charge in [-0.3, -0.25) is 9.36 Å². The predicted molar refractivity (Wildman–Crippen MR) is 153 cm³/mol. The van der Waals surface area contributed by atoms with Crippen molar-refractivity contribution in [1.29, 1.82) is 0 Å². The third kappa shape index (κ3) is 5.50. The van der Waals surface area contributed by atoms with Gasteiger partial charge in [0.1, 0.15) is 12.6 Å². The Bertz CT molecular complexity index is 1620. The van der Waals surface area contributed by atoms with Gasteiger partial charge in [-0.2, -0.15) is 0 Å². The van der Waals surface area contributed by atoms with E-state index in [1.807, 2.05) is 12.1 Å². The summed E-state index contributed by atoms with van der Waals surface area (Å²) in [6, 6.07) is 9.97. The normalized spacial score (nSPS) is 15.2. The molecule has 0 amide bonds. The average molecular weight is 618 g/mol. The fraction of sp³-hybridized carbons (Fsp3) is 0.250. The Balaban J connectivity index is 1.92. The van der Waals surface area contributed by atoms with Crippen molar-refractivity contribution in [3.63, 3.8) is 0 Å². The number of carbonyl (C=O) groups is 1. The van der Waals surface area contributed by atoms with Gasteiger partial charge >= 0.3 is 5.97 Å². The first-order valence-corrected chi connectivity index (χ1v) is 13.7. The standard InChI is InChI=1S/C28H26BrClN2O5S/c1-6-11-36-25-19(29)12-17(13-21(25)35-5)14-22-26(33)32-24(18-9-7-8-10-20(18)30)23(27(34)37-15(2)3)16(4)31-28(32)38-22/h6-10,12-15,24H,1,11H2,2-5H3. The highest BCUT2D eigenvalue weighted by molar-refractivity contribution is 9.10. The number of nitrogens with zero attached hydrogens (tertiary/aromatic N) is 2. The number of fused-ring (bicyclic) bond motifs is 1. The minimum absolute atomic E-state index is 0.277. The molecule has 38 heavy (non-hydrogen) atoms. The number of esters is 1. The molecule has 0 saturated carbocycles. The van der Waals surface area contributed by atoms with E-state index in [1.165, 1.54) is 15.9 Å². The van der Waals surface area contributed by atoms with Crippen LogP contribution in [0.2, 0.25) is 5.02 Å². The smallest absolute Gasteiger partial charge is 0.338 e. The lowest BCUT2D eigenvalue weighted by Crippen LogP contribution is -2.40. The van der Waals surface area contributed by atoms with Crippen LogP contribution in [0.1, 0.15) is 37.9 Å². The number of methoxy groups -OCH3 is 1. The molecule has 0 aliphatic carbocycles. The van der Waals surface area contributed by atoms with Gasteiger partial charge in [0.15, 0.2) is 16.3 Å². The Morgan fingerprint density at radius 2 is 2.05 bits per heavy atom. The van der Waals surface area contributed by atoms with Gasteiger partial charge in [-0.1, -0.05) is 53.8 Å². The second-order valence-electron chi connectivity index (χ2n) is 8.69. The van der Waals surface area contributed by atoms with Gasteiger partial charge in [0, 0.05) is 5.02 Å². The number of hydrogen-bond donors (Lipinski definition) is 0. The van der Waals surface area contributed by atoms with Gasteiger partial charge in [-0.15, -0.1) is 0 Å². The first-order valence-electron chi connectivity index (χ1n) is 11.8. The first kappa shape index (κ1) is 27.9. The summed E-state index contributed by atoms with van der Waals surface area (Å²) < 4.78 is 19.4. The number of ether oxygens (including phenoxy) is 3. The van der Waals surface area contributed by atoms with Crippen molar-refractivity contribution >= 4 is 50.9 Å². The molecule has 10 heteroatoms. The number of halogens is 2. The zero-order chi connectivity index (χ0) is 27.6. The highest BCUT2D eigenvalue weighted by Crippen LogP contribution is 2.37. The second-order valence-corrected chi connectivity index (χ2v) is 11.0. The maximum Gasteiger partial charge on any atom is 0.338 e. The molecule has 2 heterocycles. The van der Waals surface area contributed by atoms with E-state index >= 15 is 0 Å². The molecule has 1 atom stereocenters. The molecular weight excluding hydrogens is 592 g/mol. The Morgan fingerprint density at radius 3 is 2.71 bits per heavy atom. The van der Waals surface area contributed by atoms with Crippen LogP contribution in [0, 0.1) is 0 Å². The van der Waals surface area contributed by atoms with E-state index < -0.39 is 12.0 Å². The van der Waals surface area contributed by atoms with Crippen molar-refractivity contribution in [2.75, 3.05) is 13.7 Å². The van der Waals surface area contributed by atoms with Crippen LogP contribution in [0.3, 0.4) is 0 Å². The zero-order valence-electron chi connectivity index (χ0n) is 21.3. The zero-order valence-corrected chi connectivity index (χ0v) is 24.4. The molecule has 0 fully saturated rings. The molecule has 0 bridgehead atoms. The van der Waals surface area contributed by atoms with E-state index in [4.69, 9.17) is 25.8 Å². The summed E-state index contributed by atoms with van der Waals surface area (Å²) in [5, 5.41) is 0.431. The lowest BCUT2D eigenvalue weighted by molar-refractivity contribution is -0.143. The molecule has 1 aliphatic heterocycles. The van der Waals surface area contributed by atoms with Crippen LogP contribution in [0.5, 0.6) is 11.5 Å². The van der Waals surface area contributed by atoms with Crippen LogP contribution >= 0.6 is 38.9 Å². The molecule has 1 aromatic heterocycles. The molecule has 1 unspecified atom stereocenters. The van der Waals surface area contributed by atoms with E-state index in [1.54, 1.807) is 64.3 Å². The van der Waals surface area contributed by atoms with Crippen LogP contribution in [-0.2, 0) is 9.53 Å². The molecule has 3 aromatic rings. The Hall–Kier alpha value is -3.14. The lowest BCUT2D eigenvalue weighted by Gasteiger charge is -2.26. The Labute approximate surface area is 237 Å². The summed E-state index contributed by atoms with van der Waals surface area (Å²) in [4.78, 5) is 32.1. The number of allylic oxidation sites excluding steroid dienone is 1. The van der Waals surface area contributed by atoms with Crippen LogP contribution in [-0.4, -0.2) is 30.4 Å². The summed E-state index contributed by atoms with van der Waals surface area (Å²) in [6.45, 7) is 9.27. The van der Waals surface area contributed by atoms with Gasteiger partial charge in [-0.25, -0.2) is 9.79 Å². The van der Waals surface area contributed by atoms with Crippen molar-refractivity contribution in [3.8, 4) is 11.5 Å². The summed E-state index contributed by atoms with van der Waals surface area (Å²) in [6.07, 6.45) is 3.05. The fourth-order valence-corrected chi connectivity index (χ4v) is 5.97. The van der Waals surface area contributed by atoms with Crippen molar-refractivity contribution in [2.24, 2.45) is 4.99 Å². The number of thiazole rings is 1. The van der Waals surface area contributed by atoms with Crippen molar-refractivity contribution in [3.05, 3.63) is 101 Å². The quantitative estimate of drug-likeness (QED) is 0.257. The number of benzene rings is 2. The molecular formula is C28H26BrClN2O5S. The molecule has 0 N–H and O–H groups in total. The maximum absolute atomic E-state index is 13.8. The van der Waals surface area contributed by atoms with E-state index in [0.717, 1.165) is 5.56 Å². The van der Waals surface area contributed by atoms with Crippen molar-refractivity contribution in [2.45, 2.75) is 32.9 Å². The van der Waals surface area contributed by atoms with Gasteiger partial charge < -0.3 is 14.2 Å². The van der Waals surface area contributed by atoms with E-state index in [9.17, 15) is 9.59 Å². The van der Waals surface area contributed by atoms with E-state index in [-0.39, 0.29) is 17.2 Å². The number of carbonyl (C=O) groups excluding carboxylic acids is 1. The number of aromatic nitrogens is 1. The molecule has 2 aromatic carbocycles. The minimum atomic E-state index is -0.788. The number of hydrogen-bond acceptors (Lipinski definition) is 7. The van der Waals surface area contributed by atoms with Crippen LogP contribution in [0.4, 0.5) is 0 Å². The van der Waals surface area contributed by atoms with Crippen LogP contribution in [0.15, 0.2) is 74.6 Å². The highest BCUT2D eigenvalue weighted by Gasteiger charge is 2.34. The van der Waals surface area contributed by atoms with Crippen molar-refractivity contribution in [1.82, 2.24) is 4.57 Å². The minimum Gasteiger partial charge on any atom is -0.493 e. The molecule has 0 saturated heterocycles. The lowest BCUT2D eigenvalue weighted by atomic mass is 9.96. The molecule has 198 valence electrons. The summed E-state index contributed by atoms with van der Waals surface area (Å²) in [7, 11) is 1.55. The predicted octanol–water partition coefficient (Wildman–Crippen LogP) is 5.18. The van der Waals surface area contributed by atoms with Gasteiger partial charge in [0.2, 0.25) is 0 Å².